The van der Waals surface area contributed by atoms with Crippen molar-refractivity contribution >= 4 is 34.0 Å². The molecular weight excluding hydrogens is 461 g/mol. The topological polar surface area (TPSA) is 129 Å². The molecule has 10 nitrogen and oxygen atoms in total. The van der Waals surface area contributed by atoms with Gasteiger partial charge in [-0.3, -0.25) is 14.5 Å². The first-order valence-corrected chi connectivity index (χ1v) is 11.4. The molecule has 0 fully saturated rings. The molecule has 0 atom stereocenters. The SMILES string of the molecule is Cc1c(-c2cc3cc(Nc4cc5n(n4)CC(=O)NCC5)ncc3c(N)c2F)cncc1-n1cccn1. The average Bonchev–Trinajstić information content (AvgIpc) is 3.49. The van der Waals surface area contributed by atoms with Crippen LogP contribution in [-0.2, 0) is 17.8 Å². The van der Waals surface area contributed by atoms with E-state index in [0.29, 0.717) is 46.5 Å². The number of anilines is 3. The number of hydrogen-bond donors (Lipinski definition) is 3. The van der Waals surface area contributed by atoms with Crippen molar-refractivity contribution in [3.05, 3.63) is 72.3 Å². The molecule has 1 aromatic carbocycles. The lowest BCUT2D eigenvalue weighted by Gasteiger charge is -2.14. The predicted molar refractivity (Wildman–Crippen MR) is 133 cm³/mol. The number of fused-ring (bicyclic) bond motifs is 2. The van der Waals surface area contributed by atoms with Gasteiger partial charge in [-0.25, -0.2) is 14.1 Å². The largest absolute Gasteiger partial charge is 0.396 e. The van der Waals surface area contributed by atoms with Crippen LogP contribution in [0.2, 0.25) is 0 Å². The molecule has 6 rings (SSSR count). The molecule has 0 saturated heterocycles. The van der Waals surface area contributed by atoms with E-state index < -0.39 is 5.82 Å². The number of benzene rings is 1. The van der Waals surface area contributed by atoms with E-state index in [-0.39, 0.29) is 18.1 Å². The van der Waals surface area contributed by atoms with Gasteiger partial charge in [0.15, 0.2) is 11.6 Å². The lowest BCUT2D eigenvalue weighted by molar-refractivity contribution is -0.121. The second-order valence-corrected chi connectivity index (χ2v) is 8.63. The number of nitrogen functional groups attached to an aromatic ring is 1. The van der Waals surface area contributed by atoms with Crippen molar-refractivity contribution in [2.75, 3.05) is 17.6 Å². The normalized spacial score (nSPS) is 13.3. The molecule has 0 aliphatic carbocycles. The second kappa shape index (κ2) is 8.45. The van der Waals surface area contributed by atoms with Crippen molar-refractivity contribution in [2.24, 2.45) is 0 Å². The maximum atomic E-state index is 15.5. The smallest absolute Gasteiger partial charge is 0.241 e. The predicted octanol–water partition coefficient (Wildman–Crippen LogP) is 3.12. The van der Waals surface area contributed by atoms with E-state index in [2.05, 4.69) is 30.8 Å². The Morgan fingerprint density at radius 2 is 2.03 bits per heavy atom. The molecule has 1 amide bonds. The van der Waals surface area contributed by atoms with Crippen LogP contribution in [0, 0.1) is 12.7 Å². The summed E-state index contributed by atoms with van der Waals surface area (Å²) < 4.78 is 18.8. The summed E-state index contributed by atoms with van der Waals surface area (Å²) in [5.41, 5.74) is 9.71. The molecular formula is C25H22FN9O. The van der Waals surface area contributed by atoms with Gasteiger partial charge in [0.2, 0.25) is 5.91 Å². The molecule has 36 heavy (non-hydrogen) atoms. The number of hydrogen-bond acceptors (Lipinski definition) is 7. The number of nitrogens with two attached hydrogens (primary N) is 1. The third-order valence-electron chi connectivity index (χ3n) is 6.35. The summed E-state index contributed by atoms with van der Waals surface area (Å²) in [4.78, 5) is 20.5. The molecule has 1 aliphatic heterocycles. The first kappa shape index (κ1) is 21.7. The molecule has 5 aromatic rings. The van der Waals surface area contributed by atoms with Gasteiger partial charge >= 0.3 is 0 Å². The summed E-state index contributed by atoms with van der Waals surface area (Å²) in [5.74, 6) is 0.508. The molecule has 0 spiro atoms. The van der Waals surface area contributed by atoms with Crippen LogP contribution < -0.4 is 16.4 Å². The lowest BCUT2D eigenvalue weighted by atomic mass is 9.97. The van der Waals surface area contributed by atoms with Gasteiger partial charge in [0.1, 0.15) is 12.4 Å². The molecule has 4 aromatic heterocycles. The van der Waals surface area contributed by atoms with Crippen molar-refractivity contribution in [2.45, 2.75) is 19.9 Å². The summed E-state index contributed by atoms with van der Waals surface area (Å²) in [5, 5.41) is 16.0. The van der Waals surface area contributed by atoms with Gasteiger partial charge < -0.3 is 16.4 Å². The fourth-order valence-electron chi connectivity index (χ4n) is 4.50. The minimum Gasteiger partial charge on any atom is -0.396 e. The lowest BCUT2D eigenvalue weighted by Crippen LogP contribution is -2.25. The van der Waals surface area contributed by atoms with Crippen LogP contribution in [0.3, 0.4) is 0 Å². The number of amides is 1. The Bertz CT molecular complexity index is 1620. The Morgan fingerprint density at radius 3 is 2.86 bits per heavy atom. The van der Waals surface area contributed by atoms with Gasteiger partial charge in [0.05, 0.1) is 17.6 Å². The molecule has 0 unspecified atom stereocenters. The van der Waals surface area contributed by atoms with Crippen LogP contribution in [0.15, 0.2) is 55.2 Å². The zero-order valence-corrected chi connectivity index (χ0v) is 19.4. The molecule has 11 heteroatoms. The van der Waals surface area contributed by atoms with Crippen molar-refractivity contribution in [1.29, 1.82) is 0 Å². The molecule has 4 N–H and O–H groups in total. The number of halogens is 1. The minimum absolute atomic E-state index is 0.0187. The second-order valence-electron chi connectivity index (χ2n) is 8.63. The number of carbonyl (C=O) groups is 1. The van der Waals surface area contributed by atoms with Gasteiger partial charge in [0.25, 0.3) is 0 Å². The third-order valence-corrected chi connectivity index (χ3v) is 6.35. The maximum Gasteiger partial charge on any atom is 0.241 e. The standard InChI is InChI=1S/C25H22FN9O/c1-14-18(10-28-12-20(14)34-6-2-4-31-34)17-7-15-8-21(30-11-19(15)25(27)24(17)26)32-22-9-16-3-5-29-23(36)13-35(16)33-22/h2,4,6-12H,3,5,13,27H2,1H3,(H,29,36)(H,30,32,33). The Morgan fingerprint density at radius 1 is 1.14 bits per heavy atom. The van der Waals surface area contributed by atoms with Crippen LogP contribution in [0.25, 0.3) is 27.6 Å². The minimum atomic E-state index is -0.524. The van der Waals surface area contributed by atoms with Crippen LogP contribution in [0.5, 0.6) is 0 Å². The van der Waals surface area contributed by atoms with Gasteiger partial charge in [-0.2, -0.15) is 10.2 Å². The molecule has 1 aliphatic rings. The molecule has 5 heterocycles. The van der Waals surface area contributed by atoms with Crippen molar-refractivity contribution in [1.82, 2.24) is 34.8 Å². The maximum absolute atomic E-state index is 15.5. The Hall–Kier alpha value is -4.80. The summed E-state index contributed by atoms with van der Waals surface area (Å²) in [6.45, 7) is 2.64. The van der Waals surface area contributed by atoms with E-state index >= 15 is 4.39 Å². The van der Waals surface area contributed by atoms with Crippen molar-refractivity contribution in [3.8, 4) is 16.8 Å². The highest BCUT2D eigenvalue weighted by molar-refractivity contribution is 5.98. The third kappa shape index (κ3) is 3.70. The summed E-state index contributed by atoms with van der Waals surface area (Å²) >= 11 is 0. The van der Waals surface area contributed by atoms with Gasteiger partial charge in [0, 0.05) is 66.0 Å². The van der Waals surface area contributed by atoms with Crippen molar-refractivity contribution < 1.29 is 9.18 Å². The van der Waals surface area contributed by atoms with E-state index in [1.165, 1.54) is 0 Å². The summed E-state index contributed by atoms with van der Waals surface area (Å²) in [7, 11) is 0. The first-order valence-electron chi connectivity index (χ1n) is 11.4. The van der Waals surface area contributed by atoms with E-state index in [9.17, 15) is 4.79 Å². The fourth-order valence-corrected chi connectivity index (χ4v) is 4.50. The summed E-state index contributed by atoms with van der Waals surface area (Å²) in [6.07, 6.45) is 9.03. The number of rotatable bonds is 4. The number of nitrogens with one attached hydrogen (secondary N) is 2. The monoisotopic (exact) mass is 483 g/mol. The zero-order valence-electron chi connectivity index (χ0n) is 19.4. The van der Waals surface area contributed by atoms with Crippen LogP contribution in [0.4, 0.5) is 21.7 Å². The molecule has 0 saturated carbocycles. The van der Waals surface area contributed by atoms with E-state index in [4.69, 9.17) is 5.73 Å². The fraction of sp³-hybridized carbons (Fsp3) is 0.160. The molecule has 0 radical (unpaired) electrons. The Kier molecular flexibility index (Phi) is 5.10. The van der Waals surface area contributed by atoms with Crippen LogP contribution in [0.1, 0.15) is 11.3 Å². The van der Waals surface area contributed by atoms with Crippen LogP contribution in [-0.4, -0.2) is 42.0 Å². The molecule has 0 bridgehead atoms. The first-order chi connectivity index (χ1) is 17.5. The average molecular weight is 484 g/mol. The zero-order chi connectivity index (χ0) is 24.8. The van der Waals surface area contributed by atoms with E-state index in [1.54, 1.807) is 46.3 Å². The number of carbonyl (C=O) groups excluding carboxylic acids is 1. The van der Waals surface area contributed by atoms with E-state index in [0.717, 1.165) is 16.9 Å². The van der Waals surface area contributed by atoms with E-state index in [1.807, 2.05) is 25.3 Å². The van der Waals surface area contributed by atoms with Gasteiger partial charge in [-0.15, -0.1) is 0 Å². The summed E-state index contributed by atoms with van der Waals surface area (Å²) in [6, 6.07) is 7.25. The Balaban J connectivity index is 1.39. The van der Waals surface area contributed by atoms with Crippen molar-refractivity contribution in [3.63, 3.8) is 0 Å². The highest BCUT2D eigenvalue weighted by atomic mass is 19.1. The highest BCUT2D eigenvalue weighted by Crippen LogP contribution is 2.36. The quantitative estimate of drug-likeness (QED) is 0.335. The number of aromatic nitrogens is 6. The molecule has 180 valence electrons. The van der Waals surface area contributed by atoms with Crippen LogP contribution >= 0.6 is 0 Å². The van der Waals surface area contributed by atoms with Gasteiger partial charge in [-0.1, -0.05) is 0 Å². The highest BCUT2D eigenvalue weighted by Gasteiger charge is 2.19. The number of nitrogens with zero attached hydrogens (tertiary/aromatic N) is 6. The number of pyridine rings is 2. The Labute approximate surface area is 205 Å². The van der Waals surface area contributed by atoms with Gasteiger partial charge in [-0.05, 0) is 36.1 Å².